The Labute approximate surface area is 252 Å². The molecule has 7 rings (SSSR count). The van der Waals surface area contributed by atoms with E-state index in [1.807, 2.05) is 18.2 Å². The van der Waals surface area contributed by atoms with Crippen molar-refractivity contribution in [1.82, 2.24) is 9.88 Å². The topological polar surface area (TPSA) is 146 Å². The molecule has 2 aliphatic carbocycles. The van der Waals surface area contributed by atoms with Gasteiger partial charge in [0.2, 0.25) is 11.8 Å². The predicted molar refractivity (Wildman–Crippen MR) is 155 cm³/mol. The first kappa shape index (κ1) is 27.2. The van der Waals surface area contributed by atoms with Gasteiger partial charge in [0.25, 0.3) is 5.91 Å². The molecule has 0 spiro atoms. The molecule has 42 heavy (non-hydrogen) atoms. The maximum Gasteiger partial charge on any atom is 0.323 e. The highest BCUT2D eigenvalue weighted by molar-refractivity contribution is 8.00. The molecule has 10 nitrogen and oxygen atoms in total. The molecule has 2 aromatic carbocycles. The molecule has 2 bridgehead atoms. The van der Waals surface area contributed by atoms with Crippen LogP contribution in [0.25, 0.3) is 0 Å². The first-order valence-electron chi connectivity index (χ1n) is 13.4. The predicted octanol–water partition coefficient (Wildman–Crippen LogP) is 3.67. The third kappa shape index (κ3) is 4.43. The number of H-pyrrole nitrogens is 1. The van der Waals surface area contributed by atoms with E-state index >= 15 is 0 Å². The van der Waals surface area contributed by atoms with Crippen molar-refractivity contribution in [2.24, 2.45) is 29.6 Å². The van der Waals surface area contributed by atoms with E-state index in [9.17, 15) is 29.1 Å². The number of nitrogens with zero attached hydrogens (tertiary/aromatic N) is 1. The number of halogens is 1. The van der Waals surface area contributed by atoms with Crippen LogP contribution >= 0.6 is 34.7 Å². The van der Waals surface area contributed by atoms with Crippen molar-refractivity contribution in [2.45, 2.75) is 22.6 Å². The van der Waals surface area contributed by atoms with Gasteiger partial charge in [-0.3, -0.25) is 28.9 Å². The molecule has 3 aromatic rings. The van der Waals surface area contributed by atoms with Gasteiger partial charge in [-0.25, -0.2) is 0 Å². The monoisotopic (exact) mass is 625 g/mol. The number of carboxylic acid groups (broad SMARTS) is 1. The van der Waals surface area contributed by atoms with Crippen LogP contribution in [0.1, 0.15) is 22.8 Å². The lowest BCUT2D eigenvalue weighted by atomic mass is 9.68. The first-order chi connectivity index (χ1) is 20.2. The fourth-order valence-electron chi connectivity index (χ4n) is 7.42. The number of amides is 3. The minimum atomic E-state index is -1.22. The van der Waals surface area contributed by atoms with Gasteiger partial charge < -0.3 is 20.1 Å². The summed E-state index contributed by atoms with van der Waals surface area (Å²) >= 11 is 8.61. The van der Waals surface area contributed by atoms with Crippen LogP contribution in [0.4, 0.5) is 5.69 Å². The van der Waals surface area contributed by atoms with Crippen molar-refractivity contribution < 1.29 is 29.0 Å². The Bertz CT molecular complexity index is 1690. The lowest BCUT2D eigenvalue weighted by molar-refractivity contribution is -0.149. The SMILES string of the molecule is O=C(O)CN1C(=O)C2C3CC(C2C1=O)C1C3Sc2[nH]c(=O)sc2[C@@H]1c1cccc(OCC(=O)Nc2ccc(Cl)cc2)c1. The number of benzene rings is 2. The zero-order chi connectivity index (χ0) is 29.3. The van der Waals surface area contributed by atoms with Gasteiger partial charge in [-0.1, -0.05) is 35.1 Å². The number of thioether (sulfide) groups is 1. The molecule has 1 aromatic heterocycles. The maximum absolute atomic E-state index is 13.4. The lowest BCUT2D eigenvalue weighted by Crippen LogP contribution is -2.42. The Kier molecular flexibility index (Phi) is 6.67. The number of rotatable bonds is 7. The number of carbonyl (C=O) groups is 4. The van der Waals surface area contributed by atoms with Gasteiger partial charge in [0.15, 0.2) is 6.61 Å². The summed E-state index contributed by atoms with van der Waals surface area (Å²) in [5.41, 5.74) is 1.49. The van der Waals surface area contributed by atoms with Gasteiger partial charge in [-0.05, 0) is 66.1 Å². The number of aliphatic carboxylic acids is 1. The number of aromatic amines is 1. The van der Waals surface area contributed by atoms with E-state index in [-0.39, 0.29) is 46.3 Å². The number of hydrogen-bond acceptors (Lipinski definition) is 8. The van der Waals surface area contributed by atoms with Gasteiger partial charge in [0.1, 0.15) is 12.3 Å². The number of hydrogen-bond donors (Lipinski definition) is 3. The number of fused-ring (bicyclic) bond motifs is 9. The second-order valence-electron chi connectivity index (χ2n) is 11.0. The Morgan fingerprint density at radius 3 is 2.55 bits per heavy atom. The van der Waals surface area contributed by atoms with Crippen LogP contribution < -0.4 is 14.9 Å². The average molecular weight is 626 g/mol. The molecule has 3 fully saturated rings. The quantitative estimate of drug-likeness (QED) is 0.337. The summed E-state index contributed by atoms with van der Waals surface area (Å²) in [7, 11) is 0. The van der Waals surface area contributed by atoms with Crippen molar-refractivity contribution in [1.29, 1.82) is 0 Å². The number of imide groups is 1. The number of aromatic nitrogens is 1. The van der Waals surface area contributed by atoms with E-state index in [2.05, 4.69) is 10.3 Å². The Hall–Kier alpha value is -3.61. The highest BCUT2D eigenvalue weighted by Gasteiger charge is 2.69. The average Bonchev–Trinajstić information content (AvgIpc) is 3.69. The minimum absolute atomic E-state index is 0.0183. The van der Waals surface area contributed by atoms with E-state index in [0.29, 0.717) is 22.9 Å². The highest BCUT2D eigenvalue weighted by Crippen LogP contribution is 2.68. The zero-order valence-electron chi connectivity index (χ0n) is 21.8. The first-order valence-corrected chi connectivity index (χ1v) is 15.5. The summed E-state index contributed by atoms with van der Waals surface area (Å²) in [4.78, 5) is 67.5. The lowest BCUT2D eigenvalue weighted by Gasteiger charge is -2.43. The summed E-state index contributed by atoms with van der Waals surface area (Å²) in [5.74, 6) is -3.44. The molecule has 13 heteroatoms. The van der Waals surface area contributed by atoms with Crippen molar-refractivity contribution in [3.8, 4) is 5.75 Å². The molecule has 3 heterocycles. The number of anilines is 1. The molecule has 216 valence electrons. The Balaban J connectivity index is 1.17. The van der Waals surface area contributed by atoms with Crippen molar-refractivity contribution in [3.05, 3.63) is 73.7 Å². The number of carboxylic acids is 1. The molecular formula is C29H24ClN3O7S2. The Morgan fingerprint density at radius 2 is 1.81 bits per heavy atom. The van der Waals surface area contributed by atoms with Gasteiger partial charge in [0, 0.05) is 26.8 Å². The summed E-state index contributed by atoms with van der Waals surface area (Å²) in [6, 6.07) is 14.2. The third-order valence-corrected chi connectivity index (χ3v) is 11.7. The molecule has 2 saturated carbocycles. The van der Waals surface area contributed by atoms with Crippen LogP contribution in [0.3, 0.4) is 0 Å². The largest absolute Gasteiger partial charge is 0.484 e. The van der Waals surface area contributed by atoms with Crippen LogP contribution in [0.15, 0.2) is 58.4 Å². The normalized spacial score (nSPS) is 28.8. The van der Waals surface area contributed by atoms with Crippen molar-refractivity contribution >= 4 is 64.1 Å². The van der Waals surface area contributed by atoms with Crippen LogP contribution in [-0.4, -0.2) is 57.1 Å². The van der Waals surface area contributed by atoms with Crippen LogP contribution in [0.2, 0.25) is 5.02 Å². The highest BCUT2D eigenvalue weighted by atomic mass is 35.5. The number of ether oxygens (including phenoxy) is 1. The Morgan fingerprint density at radius 1 is 1.07 bits per heavy atom. The standard InChI is InChI=1S/C29H24ClN3O7S2/c30-13-4-6-14(7-5-13)31-18(34)11-40-15-3-1-2-12(8-15)20-21-16-9-17(24(21)41-26-25(20)42-29(39)32-26)23-22(16)27(37)33(28(23)38)10-19(35)36/h1-8,16-17,20-24H,9-11H2,(H,31,34)(H,32,39)(H,35,36)/t16?,17?,20-,21?,22?,23?,24?/m1/s1. The molecule has 3 amide bonds. The summed E-state index contributed by atoms with van der Waals surface area (Å²) in [6.07, 6.45) is 0.701. The fraction of sp³-hybridized carbons (Fsp3) is 0.345. The van der Waals surface area contributed by atoms with Gasteiger partial charge in [-0.15, -0.1) is 11.8 Å². The minimum Gasteiger partial charge on any atom is -0.484 e. The van der Waals surface area contributed by atoms with Crippen LogP contribution in [0, 0.1) is 29.6 Å². The number of nitrogens with one attached hydrogen (secondary N) is 2. The molecule has 7 atom stereocenters. The second-order valence-corrected chi connectivity index (χ2v) is 13.7. The molecule has 4 aliphatic rings. The molecule has 6 unspecified atom stereocenters. The third-order valence-electron chi connectivity index (χ3n) is 8.82. The van der Waals surface area contributed by atoms with Crippen molar-refractivity contribution in [3.63, 3.8) is 0 Å². The molecule has 1 saturated heterocycles. The van der Waals surface area contributed by atoms with E-state index in [1.54, 1.807) is 42.1 Å². The van der Waals surface area contributed by atoms with Crippen LogP contribution in [-0.2, 0) is 19.2 Å². The summed E-state index contributed by atoms with van der Waals surface area (Å²) < 4.78 is 5.84. The van der Waals surface area contributed by atoms with Gasteiger partial charge in [-0.2, -0.15) is 0 Å². The van der Waals surface area contributed by atoms with E-state index in [1.165, 1.54) is 0 Å². The van der Waals surface area contributed by atoms with Gasteiger partial charge in [0.05, 0.1) is 16.9 Å². The number of carbonyl (C=O) groups excluding carboxylic acids is 3. The molecule has 2 aliphatic heterocycles. The maximum atomic E-state index is 13.4. The molecular weight excluding hydrogens is 602 g/mol. The van der Waals surface area contributed by atoms with E-state index in [4.69, 9.17) is 16.3 Å². The number of thiazole rings is 1. The fourth-order valence-corrected chi connectivity index (χ4v) is 10.4. The smallest absolute Gasteiger partial charge is 0.323 e. The summed E-state index contributed by atoms with van der Waals surface area (Å²) in [5, 5.41) is 13.4. The van der Waals surface area contributed by atoms with Crippen LogP contribution in [0.5, 0.6) is 5.75 Å². The van der Waals surface area contributed by atoms with E-state index in [0.717, 1.165) is 31.7 Å². The molecule has 0 radical (unpaired) electrons. The van der Waals surface area contributed by atoms with E-state index < -0.39 is 36.2 Å². The number of likely N-dealkylation sites (tertiary alicyclic amines) is 1. The summed E-state index contributed by atoms with van der Waals surface area (Å²) in [6.45, 7) is -0.840. The zero-order valence-corrected chi connectivity index (χ0v) is 24.2. The van der Waals surface area contributed by atoms with Gasteiger partial charge >= 0.3 is 10.8 Å². The molecule has 3 N–H and O–H groups in total. The second kappa shape index (κ2) is 10.3. The van der Waals surface area contributed by atoms with Crippen molar-refractivity contribution in [2.75, 3.05) is 18.5 Å².